The number of piperidine rings is 1. The normalized spacial score (nSPS) is 27.0. The summed E-state index contributed by atoms with van der Waals surface area (Å²) in [5.74, 6) is 0.566. The SMILES string of the molecule is CCn1cc(S(=O)(=O)N2CCCC3CCCC32)cc1CN. The zero-order valence-electron chi connectivity index (χ0n) is 12.7. The summed E-state index contributed by atoms with van der Waals surface area (Å²) in [7, 11) is -3.38. The van der Waals surface area contributed by atoms with Crippen molar-refractivity contribution in [2.45, 2.75) is 63.1 Å². The van der Waals surface area contributed by atoms with E-state index < -0.39 is 10.0 Å². The number of hydrogen-bond donors (Lipinski definition) is 1. The van der Waals surface area contributed by atoms with E-state index in [0.29, 0.717) is 23.9 Å². The Kier molecular flexibility index (Phi) is 4.12. The summed E-state index contributed by atoms with van der Waals surface area (Å²) in [5.41, 5.74) is 6.60. The first-order valence-corrected chi connectivity index (χ1v) is 9.43. The molecule has 0 amide bonds. The highest BCUT2D eigenvalue weighted by Gasteiger charge is 2.41. The maximum Gasteiger partial charge on any atom is 0.244 e. The van der Waals surface area contributed by atoms with Crippen LogP contribution in [0.15, 0.2) is 17.2 Å². The molecule has 0 spiro atoms. The van der Waals surface area contributed by atoms with E-state index in [0.717, 1.165) is 31.5 Å². The van der Waals surface area contributed by atoms with Gasteiger partial charge < -0.3 is 10.3 Å². The number of hydrogen-bond acceptors (Lipinski definition) is 3. The summed E-state index contributed by atoms with van der Waals surface area (Å²) in [5, 5.41) is 0. The predicted molar refractivity (Wildman–Crippen MR) is 82.3 cm³/mol. The Morgan fingerprint density at radius 1 is 1.29 bits per heavy atom. The van der Waals surface area contributed by atoms with Crippen LogP contribution in [0, 0.1) is 5.92 Å². The van der Waals surface area contributed by atoms with Crippen LogP contribution in [-0.2, 0) is 23.1 Å². The van der Waals surface area contributed by atoms with E-state index in [2.05, 4.69) is 0 Å². The number of nitrogens with two attached hydrogens (primary N) is 1. The Morgan fingerprint density at radius 2 is 2.05 bits per heavy atom. The summed E-state index contributed by atoms with van der Waals surface area (Å²) in [6, 6.07) is 1.97. The van der Waals surface area contributed by atoms with Crippen LogP contribution in [0.2, 0.25) is 0 Å². The summed E-state index contributed by atoms with van der Waals surface area (Å²) in [6.07, 6.45) is 7.27. The van der Waals surface area contributed by atoms with E-state index in [1.165, 1.54) is 12.8 Å². The fourth-order valence-electron chi connectivity index (χ4n) is 3.97. The molecule has 2 atom stereocenters. The van der Waals surface area contributed by atoms with Crippen molar-refractivity contribution < 1.29 is 8.42 Å². The lowest BCUT2D eigenvalue weighted by Crippen LogP contribution is -2.45. The van der Waals surface area contributed by atoms with Crippen molar-refractivity contribution in [3.8, 4) is 0 Å². The van der Waals surface area contributed by atoms with Gasteiger partial charge in [-0.05, 0) is 44.6 Å². The van der Waals surface area contributed by atoms with Crippen LogP contribution in [-0.4, -0.2) is 29.9 Å². The standard InChI is InChI=1S/C15H25N3O2S/c1-2-17-11-14(9-13(17)10-16)21(19,20)18-8-4-6-12-5-3-7-15(12)18/h9,11-12,15H,2-8,10,16H2,1H3. The van der Waals surface area contributed by atoms with Gasteiger partial charge in [0.1, 0.15) is 4.90 Å². The zero-order chi connectivity index (χ0) is 15.0. The molecule has 3 rings (SSSR count). The first kappa shape index (κ1) is 15.1. The van der Waals surface area contributed by atoms with Gasteiger partial charge in [0.05, 0.1) is 0 Å². The average molecular weight is 311 g/mol. The summed E-state index contributed by atoms with van der Waals surface area (Å²) < 4.78 is 29.7. The van der Waals surface area contributed by atoms with Gasteiger partial charge in [-0.3, -0.25) is 0 Å². The quantitative estimate of drug-likeness (QED) is 0.923. The number of aryl methyl sites for hydroxylation is 1. The third kappa shape index (κ3) is 2.53. The second kappa shape index (κ2) is 5.74. The molecule has 1 aromatic heterocycles. The number of aromatic nitrogens is 1. The van der Waals surface area contributed by atoms with E-state index in [1.807, 2.05) is 11.5 Å². The number of fused-ring (bicyclic) bond motifs is 1. The minimum atomic E-state index is -3.38. The van der Waals surface area contributed by atoms with Crippen molar-refractivity contribution in [1.82, 2.24) is 8.87 Å². The van der Waals surface area contributed by atoms with Gasteiger partial charge in [-0.15, -0.1) is 0 Å². The molecule has 0 bridgehead atoms. The third-order valence-corrected chi connectivity index (χ3v) is 6.95. The fourth-order valence-corrected chi connectivity index (χ4v) is 5.79. The van der Waals surface area contributed by atoms with Gasteiger partial charge in [-0.1, -0.05) is 6.42 Å². The lowest BCUT2D eigenvalue weighted by atomic mass is 9.94. The molecule has 6 heteroatoms. The number of sulfonamides is 1. The van der Waals surface area contributed by atoms with Crippen LogP contribution < -0.4 is 5.73 Å². The topological polar surface area (TPSA) is 68.3 Å². The maximum atomic E-state index is 13.0. The highest BCUT2D eigenvalue weighted by Crippen LogP contribution is 2.39. The van der Waals surface area contributed by atoms with E-state index in [1.54, 1.807) is 16.6 Å². The highest BCUT2D eigenvalue weighted by molar-refractivity contribution is 7.89. The molecule has 2 unspecified atom stereocenters. The van der Waals surface area contributed by atoms with E-state index >= 15 is 0 Å². The smallest absolute Gasteiger partial charge is 0.244 e. The number of nitrogens with zero attached hydrogens (tertiary/aromatic N) is 2. The van der Waals surface area contributed by atoms with E-state index in [-0.39, 0.29) is 6.04 Å². The monoisotopic (exact) mass is 311 g/mol. The molecule has 2 heterocycles. The second-order valence-corrected chi connectivity index (χ2v) is 8.06. The molecule has 21 heavy (non-hydrogen) atoms. The summed E-state index contributed by atoms with van der Waals surface area (Å²) in [6.45, 7) is 3.78. The third-order valence-electron chi connectivity index (χ3n) is 5.06. The molecule has 1 aromatic rings. The Labute approximate surface area is 127 Å². The fraction of sp³-hybridized carbons (Fsp3) is 0.733. The lowest BCUT2D eigenvalue weighted by molar-refractivity contribution is 0.202. The van der Waals surface area contributed by atoms with E-state index in [9.17, 15) is 8.42 Å². The van der Waals surface area contributed by atoms with Gasteiger partial charge in [-0.2, -0.15) is 4.31 Å². The molecule has 0 aromatic carbocycles. The van der Waals surface area contributed by atoms with Crippen molar-refractivity contribution in [2.75, 3.05) is 6.54 Å². The Bertz CT molecular complexity index is 587. The van der Waals surface area contributed by atoms with Crippen LogP contribution in [0.25, 0.3) is 0 Å². The van der Waals surface area contributed by atoms with Gasteiger partial charge in [0.25, 0.3) is 0 Å². The molecule has 0 radical (unpaired) electrons. The van der Waals surface area contributed by atoms with Crippen molar-refractivity contribution >= 4 is 10.0 Å². The zero-order valence-corrected chi connectivity index (χ0v) is 13.5. The van der Waals surface area contributed by atoms with Crippen molar-refractivity contribution in [2.24, 2.45) is 11.7 Å². The first-order chi connectivity index (χ1) is 10.1. The van der Waals surface area contributed by atoms with Gasteiger partial charge in [-0.25, -0.2) is 8.42 Å². The summed E-state index contributed by atoms with van der Waals surface area (Å²) >= 11 is 0. The van der Waals surface area contributed by atoms with Crippen LogP contribution in [0.3, 0.4) is 0 Å². The predicted octanol–water partition coefficient (Wildman–Crippen LogP) is 1.92. The van der Waals surface area contributed by atoms with Crippen molar-refractivity contribution in [1.29, 1.82) is 0 Å². The second-order valence-electron chi connectivity index (χ2n) is 6.17. The van der Waals surface area contributed by atoms with Crippen LogP contribution >= 0.6 is 0 Å². The van der Waals surface area contributed by atoms with Crippen LogP contribution in [0.1, 0.15) is 44.7 Å². The van der Waals surface area contributed by atoms with Gasteiger partial charge >= 0.3 is 0 Å². The van der Waals surface area contributed by atoms with Crippen molar-refractivity contribution in [3.05, 3.63) is 18.0 Å². The Balaban J connectivity index is 1.94. The Morgan fingerprint density at radius 3 is 2.71 bits per heavy atom. The molecule has 2 aliphatic rings. The Hall–Kier alpha value is -0.850. The van der Waals surface area contributed by atoms with Gasteiger partial charge in [0.2, 0.25) is 10.0 Å². The lowest BCUT2D eigenvalue weighted by Gasteiger charge is -2.36. The number of rotatable bonds is 4. The summed E-state index contributed by atoms with van der Waals surface area (Å²) in [4.78, 5) is 0.414. The molecule has 2 N–H and O–H groups in total. The van der Waals surface area contributed by atoms with Crippen LogP contribution in [0.4, 0.5) is 0 Å². The molecule has 1 saturated carbocycles. The first-order valence-electron chi connectivity index (χ1n) is 7.99. The van der Waals surface area contributed by atoms with Crippen LogP contribution in [0.5, 0.6) is 0 Å². The average Bonchev–Trinajstić information content (AvgIpc) is 3.12. The maximum absolute atomic E-state index is 13.0. The van der Waals surface area contributed by atoms with Gasteiger partial charge in [0.15, 0.2) is 0 Å². The minimum Gasteiger partial charge on any atom is -0.349 e. The minimum absolute atomic E-state index is 0.218. The molecule has 5 nitrogen and oxygen atoms in total. The van der Waals surface area contributed by atoms with Gasteiger partial charge in [0, 0.05) is 37.6 Å². The molecular formula is C15H25N3O2S. The van der Waals surface area contributed by atoms with Crippen molar-refractivity contribution in [3.63, 3.8) is 0 Å². The molecule has 118 valence electrons. The molecule has 1 aliphatic carbocycles. The molecular weight excluding hydrogens is 286 g/mol. The molecule has 2 fully saturated rings. The molecule has 1 aliphatic heterocycles. The molecule has 1 saturated heterocycles. The highest BCUT2D eigenvalue weighted by atomic mass is 32.2. The van der Waals surface area contributed by atoms with E-state index in [4.69, 9.17) is 5.73 Å². The largest absolute Gasteiger partial charge is 0.349 e.